The van der Waals surface area contributed by atoms with E-state index in [9.17, 15) is 0 Å². The van der Waals surface area contributed by atoms with E-state index in [0.29, 0.717) is 0 Å². The fourth-order valence-corrected chi connectivity index (χ4v) is 3.11. The highest BCUT2D eigenvalue weighted by Gasteiger charge is 2.21. The predicted molar refractivity (Wildman–Crippen MR) is 90.2 cm³/mol. The summed E-state index contributed by atoms with van der Waals surface area (Å²) >= 11 is 0. The van der Waals surface area contributed by atoms with Crippen LogP contribution in [0.4, 0.5) is 0 Å². The molecule has 1 aliphatic rings. The van der Waals surface area contributed by atoms with Gasteiger partial charge in [0.2, 0.25) is 0 Å². The third kappa shape index (κ3) is 3.42. The molecule has 2 aromatic carbocycles. The summed E-state index contributed by atoms with van der Waals surface area (Å²) in [6.07, 6.45) is 0.148. The molecule has 2 aromatic rings. The molecule has 0 spiro atoms. The molecule has 1 aliphatic heterocycles. The van der Waals surface area contributed by atoms with Gasteiger partial charge in [-0.25, -0.2) is 0 Å². The van der Waals surface area contributed by atoms with Crippen molar-refractivity contribution in [2.24, 2.45) is 0 Å². The maximum Gasteiger partial charge on any atom is 0.165 e. The quantitative estimate of drug-likeness (QED) is 0.864. The molecule has 0 aromatic heterocycles. The van der Waals surface area contributed by atoms with Crippen molar-refractivity contribution in [2.75, 3.05) is 20.8 Å². The van der Waals surface area contributed by atoms with Gasteiger partial charge in [0.25, 0.3) is 0 Å². The topological polar surface area (TPSA) is 30.9 Å². The van der Waals surface area contributed by atoms with Gasteiger partial charge in [0.15, 0.2) is 11.5 Å². The second-order valence-electron chi connectivity index (χ2n) is 5.86. The largest absolute Gasteiger partial charge is 0.493 e. The first-order valence-corrected chi connectivity index (χ1v) is 7.88. The highest BCUT2D eigenvalue weighted by Crippen LogP contribution is 2.33. The van der Waals surface area contributed by atoms with Crippen LogP contribution in [0.1, 0.15) is 18.1 Å². The van der Waals surface area contributed by atoms with Gasteiger partial charge < -0.3 is 14.2 Å². The van der Waals surface area contributed by atoms with Crippen LogP contribution in [-0.2, 0) is 13.1 Å². The number of hydrogen-bond acceptors (Lipinski definition) is 4. The minimum Gasteiger partial charge on any atom is -0.493 e. The van der Waals surface area contributed by atoms with Gasteiger partial charge in [0.05, 0.1) is 14.2 Å². The summed E-state index contributed by atoms with van der Waals surface area (Å²) in [6.45, 7) is 4.64. The van der Waals surface area contributed by atoms with Gasteiger partial charge in [-0.1, -0.05) is 30.3 Å². The van der Waals surface area contributed by atoms with Crippen molar-refractivity contribution in [2.45, 2.75) is 26.1 Å². The van der Waals surface area contributed by atoms with Crippen molar-refractivity contribution < 1.29 is 14.2 Å². The third-order valence-electron chi connectivity index (χ3n) is 4.09. The van der Waals surface area contributed by atoms with Crippen molar-refractivity contribution in [1.29, 1.82) is 0 Å². The lowest BCUT2D eigenvalue weighted by Crippen LogP contribution is -2.30. The lowest BCUT2D eigenvalue weighted by atomic mass is 10.1. The van der Waals surface area contributed by atoms with Crippen LogP contribution in [0, 0.1) is 0 Å². The van der Waals surface area contributed by atoms with Crippen LogP contribution in [0.15, 0.2) is 42.5 Å². The van der Waals surface area contributed by atoms with Crippen LogP contribution < -0.4 is 14.2 Å². The number of fused-ring (bicyclic) bond motifs is 1. The summed E-state index contributed by atoms with van der Waals surface area (Å²) in [5, 5.41) is 0. The Bertz CT molecular complexity index is 671. The van der Waals surface area contributed by atoms with Crippen molar-refractivity contribution in [3.05, 3.63) is 53.6 Å². The molecule has 3 rings (SSSR count). The van der Waals surface area contributed by atoms with E-state index in [1.807, 2.05) is 24.3 Å². The molecule has 23 heavy (non-hydrogen) atoms. The van der Waals surface area contributed by atoms with Gasteiger partial charge in [-0.3, -0.25) is 4.90 Å². The monoisotopic (exact) mass is 313 g/mol. The van der Waals surface area contributed by atoms with E-state index in [0.717, 1.165) is 42.4 Å². The van der Waals surface area contributed by atoms with Crippen LogP contribution in [0.5, 0.6) is 17.2 Å². The summed E-state index contributed by atoms with van der Waals surface area (Å²) in [5.74, 6) is 2.56. The first-order valence-electron chi connectivity index (χ1n) is 7.88. The standard InChI is InChI=1S/C19H23NO3/c1-14-11-20(12-15-7-4-5-9-17(15)23-14)13-16-8-6-10-18(21-2)19(16)22-3/h4-10,14H,11-13H2,1-3H3. The molecule has 0 saturated carbocycles. The molecule has 0 fully saturated rings. The molecular weight excluding hydrogens is 290 g/mol. The Morgan fingerprint density at radius 1 is 1.09 bits per heavy atom. The Hall–Kier alpha value is -2.20. The number of benzene rings is 2. The van der Waals surface area contributed by atoms with Gasteiger partial charge in [0, 0.05) is 30.8 Å². The first kappa shape index (κ1) is 15.7. The minimum absolute atomic E-state index is 0.148. The fourth-order valence-electron chi connectivity index (χ4n) is 3.11. The number of ether oxygens (including phenoxy) is 3. The predicted octanol–water partition coefficient (Wildman–Crippen LogP) is 3.49. The first-order chi connectivity index (χ1) is 11.2. The zero-order valence-corrected chi connectivity index (χ0v) is 13.9. The van der Waals surface area contributed by atoms with Gasteiger partial charge in [-0.2, -0.15) is 0 Å². The molecule has 122 valence electrons. The van der Waals surface area contributed by atoms with E-state index in [4.69, 9.17) is 14.2 Å². The molecule has 0 amide bonds. The molecule has 0 radical (unpaired) electrons. The minimum atomic E-state index is 0.148. The molecule has 4 heteroatoms. The summed E-state index contributed by atoms with van der Waals surface area (Å²) in [6, 6.07) is 14.3. The fraction of sp³-hybridized carbons (Fsp3) is 0.368. The zero-order valence-electron chi connectivity index (χ0n) is 13.9. The maximum absolute atomic E-state index is 6.03. The van der Waals surface area contributed by atoms with Gasteiger partial charge >= 0.3 is 0 Å². The smallest absolute Gasteiger partial charge is 0.165 e. The van der Waals surface area contributed by atoms with E-state index >= 15 is 0 Å². The average molecular weight is 313 g/mol. The number of nitrogens with zero attached hydrogens (tertiary/aromatic N) is 1. The Balaban J connectivity index is 1.86. The molecule has 0 bridgehead atoms. The lowest BCUT2D eigenvalue weighted by Gasteiger charge is -2.23. The van der Waals surface area contributed by atoms with E-state index < -0.39 is 0 Å². The van der Waals surface area contributed by atoms with Crippen molar-refractivity contribution in [1.82, 2.24) is 4.90 Å². The number of para-hydroxylation sites is 2. The number of rotatable bonds is 4. The van der Waals surface area contributed by atoms with E-state index in [2.05, 4.69) is 30.0 Å². The number of methoxy groups -OCH3 is 2. The Morgan fingerprint density at radius 2 is 1.91 bits per heavy atom. The SMILES string of the molecule is COc1cccc(CN2Cc3ccccc3OC(C)C2)c1OC. The highest BCUT2D eigenvalue weighted by atomic mass is 16.5. The second-order valence-corrected chi connectivity index (χ2v) is 5.86. The summed E-state index contributed by atoms with van der Waals surface area (Å²) in [5.41, 5.74) is 2.34. The van der Waals surface area contributed by atoms with E-state index in [1.165, 1.54) is 5.56 Å². The summed E-state index contributed by atoms with van der Waals surface area (Å²) in [4.78, 5) is 2.38. The second kappa shape index (κ2) is 6.92. The van der Waals surface area contributed by atoms with Crippen molar-refractivity contribution >= 4 is 0 Å². The maximum atomic E-state index is 6.03. The van der Waals surface area contributed by atoms with Gasteiger partial charge in [0.1, 0.15) is 11.9 Å². The molecule has 0 N–H and O–H groups in total. The molecule has 0 aliphatic carbocycles. The average Bonchev–Trinajstić information content (AvgIpc) is 2.71. The van der Waals surface area contributed by atoms with Crippen molar-refractivity contribution in [3.63, 3.8) is 0 Å². The molecule has 1 unspecified atom stereocenters. The van der Waals surface area contributed by atoms with Crippen LogP contribution in [0.3, 0.4) is 0 Å². The van der Waals surface area contributed by atoms with E-state index in [1.54, 1.807) is 14.2 Å². The Kier molecular flexibility index (Phi) is 4.72. The highest BCUT2D eigenvalue weighted by molar-refractivity contribution is 5.46. The molecular formula is C19H23NO3. The van der Waals surface area contributed by atoms with Crippen LogP contribution in [-0.4, -0.2) is 31.8 Å². The van der Waals surface area contributed by atoms with Crippen LogP contribution >= 0.6 is 0 Å². The Labute approximate surface area is 137 Å². The third-order valence-corrected chi connectivity index (χ3v) is 4.09. The Morgan fingerprint density at radius 3 is 2.70 bits per heavy atom. The van der Waals surface area contributed by atoms with E-state index in [-0.39, 0.29) is 6.10 Å². The number of hydrogen-bond donors (Lipinski definition) is 0. The normalized spacial score (nSPS) is 17.8. The van der Waals surface area contributed by atoms with Crippen LogP contribution in [0.25, 0.3) is 0 Å². The molecule has 0 saturated heterocycles. The lowest BCUT2D eigenvalue weighted by molar-refractivity contribution is 0.155. The summed E-state index contributed by atoms with van der Waals surface area (Å²) < 4.78 is 17.0. The molecule has 1 atom stereocenters. The van der Waals surface area contributed by atoms with Crippen LogP contribution in [0.2, 0.25) is 0 Å². The van der Waals surface area contributed by atoms with Crippen molar-refractivity contribution in [3.8, 4) is 17.2 Å². The zero-order chi connectivity index (χ0) is 16.2. The summed E-state index contributed by atoms with van der Waals surface area (Å²) in [7, 11) is 3.35. The van der Waals surface area contributed by atoms with Gasteiger partial charge in [-0.15, -0.1) is 0 Å². The molecule has 4 nitrogen and oxygen atoms in total. The van der Waals surface area contributed by atoms with Gasteiger partial charge in [-0.05, 0) is 19.1 Å². The molecule has 1 heterocycles.